The molecular formula is C32H46N6O6S. The topological polar surface area (TPSA) is 139 Å². The van der Waals surface area contributed by atoms with Gasteiger partial charge in [0, 0.05) is 63.5 Å². The van der Waals surface area contributed by atoms with Gasteiger partial charge < -0.3 is 24.0 Å². The number of imidazole rings is 1. The van der Waals surface area contributed by atoms with E-state index in [4.69, 9.17) is 9.47 Å². The van der Waals surface area contributed by atoms with Crippen LogP contribution in [0.5, 0.6) is 5.75 Å². The summed E-state index contributed by atoms with van der Waals surface area (Å²) in [6, 6.07) is 8.16. The van der Waals surface area contributed by atoms with Crippen LogP contribution in [0.15, 0.2) is 60.3 Å². The van der Waals surface area contributed by atoms with Crippen LogP contribution >= 0.6 is 0 Å². The normalized spacial score (nSPS) is 21.1. The van der Waals surface area contributed by atoms with Crippen molar-refractivity contribution in [3.05, 3.63) is 66.4 Å². The lowest BCUT2D eigenvalue weighted by Gasteiger charge is -2.36. The third-order valence-electron chi connectivity index (χ3n) is 7.95. The van der Waals surface area contributed by atoms with E-state index >= 15 is 0 Å². The lowest BCUT2D eigenvalue weighted by Crippen LogP contribution is -2.47. The van der Waals surface area contributed by atoms with Crippen molar-refractivity contribution in [1.82, 2.24) is 24.3 Å². The minimum atomic E-state index is -3.99. The number of fused-ring (bicyclic) bond motifs is 1. The van der Waals surface area contributed by atoms with E-state index in [1.165, 1.54) is 18.6 Å². The summed E-state index contributed by atoms with van der Waals surface area (Å²) in [4.78, 5) is 26.2. The van der Waals surface area contributed by atoms with E-state index < -0.39 is 16.1 Å². The second kappa shape index (κ2) is 15.7. The van der Waals surface area contributed by atoms with Crippen LogP contribution in [0.3, 0.4) is 0 Å². The smallest absolute Gasteiger partial charge is 0.280 e. The number of ether oxygens (including phenoxy) is 2. The number of sulfonamides is 1. The molecule has 0 radical (unpaired) electrons. The van der Waals surface area contributed by atoms with Crippen molar-refractivity contribution in [2.45, 2.75) is 69.9 Å². The van der Waals surface area contributed by atoms with E-state index in [1.54, 1.807) is 48.0 Å². The monoisotopic (exact) mass is 642 g/mol. The Morgan fingerprint density at radius 1 is 1.18 bits per heavy atom. The number of amides is 1. The Hall–Kier alpha value is -3.52. The molecule has 2 N–H and O–H groups in total. The highest BCUT2D eigenvalue weighted by molar-refractivity contribution is 7.92. The van der Waals surface area contributed by atoms with Gasteiger partial charge >= 0.3 is 0 Å². The van der Waals surface area contributed by atoms with Gasteiger partial charge in [0.1, 0.15) is 5.75 Å². The Morgan fingerprint density at radius 3 is 2.62 bits per heavy atom. The fraction of sp³-hybridized carbons (Fsp3) is 0.531. The highest BCUT2D eigenvalue weighted by Gasteiger charge is 2.31. The number of aliphatic hydroxyl groups excluding tert-OH is 1. The molecule has 45 heavy (non-hydrogen) atoms. The van der Waals surface area contributed by atoms with Crippen LogP contribution in [0.25, 0.3) is 0 Å². The zero-order valence-corrected chi connectivity index (χ0v) is 27.6. The number of pyridine rings is 1. The summed E-state index contributed by atoms with van der Waals surface area (Å²) in [6.07, 6.45) is 8.49. The molecule has 0 aliphatic carbocycles. The molecule has 0 unspecified atom stereocenters. The fourth-order valence-electron chi connectivity index (χ4n) is 5.36. The number of benzene rings is 1. The lowest BCUT2D eigenvalue weighted by atomic mass is 10.0. The molecule has 0 spiro atoms. The SMILES string of the molecule is C[C@@H]1CCCCO[C@@H](CN(C)Cc2ccncc2)[C@@H](C)CN([C@H](C)CO)C(=O)c2cc(NS(=O)(=O)c3cn(C)cn3)ccc2O1. The van der Waals surface area contributed by atoms with Crippen molar-refractivity contribution in [1.29, 1.82) is 0 Å². The molecule has 3 heterocycles. The molecule has 1 aliphatic rings. The lowest BCUT2D eigenvalue weighted by molar-refractivity contribution is -0.0177. The number of hydrogen-bond donors (Lipinski definition) is 2. The van der Waals surface area contributed by atoms with Crippen molar-refractivity contribution < 1.29 is 27.8 Å². The molecule has 13 heteroatoms. The highest BCUT2D eigenvalue weighted by atomic mass is 32.2. The van der Waals surface area contributed by atoms with Crippen molar-refractivity contribution >= 4 is 21.6 Å². The number of rotatable bonds is 9. The van der Waals surface area contributed by atoms with E-state index in [-0.39, 0.29) is 46.9 Å². The number of hydrogen-bond acceptors (Lipinski definition) is 9. The average molecular weight is 643 g/mol. The van der Waals surface area contributed by atoms with Crippen molar-refractivity contribution in [2.75, 3.05) is 38.1 Å². The highest BCUT2D eigenvalue weighted by Crippen LogP contribution is 2.29. The number of anilines is 1. The van der Waals surface area contributed by atoms with Gasteiger partial charge in [-0.15, -0.1) is 0 Å². The van der Waals surface area contributed by atoms with Crippen LogP contribution in [-0.2, 0) is 28.4 Å². The number of carbonyl (C=O) groups is 1. The summed E-state index contributed by atoms with van der Waals surface area (Å²) < 4.78 is 42.8. The van der Waals surface area contributed by atoms with E-state index in [0.717, 1.165) is 31.4 Å². The van der Waals surface area contributed by atoms with Gasteiger partial charge in [-0.3, -0.25) is 19.4 Å². The van der Waals surface area contributed by atoms with Crippen molar-refractivity contribution in [3.63, 3.8) is 0 Å². The van der Waals surface area contributed by atoms with E-state index in [1.807, 2.05) is 26.1 Å². The van der Waals surface area contributed by atoms with Crippen LogP contribution in [0.1, 0.15) is 56.0 Å². The van der Waals surface area contributed by atoms with E-state index in [9.17, 15) is 18.3 Å². The number of nitrogens with one attached hydrogen (secondary N) is 1. The second-order valence-electron chi connectivity index (χ2n) is 12.0. The van der Waals surface area contributed by atoms with Gasteiger partial charge in [-0.1, -0.05) is 6.92 Å². The predicted octanol–water partition coefficient (Wildman–Crippen LogP) is 3.54. The van der Waals surface area contributed by atoms with Crippen LogP contribution in [-0.4, -0.2) is 95.4 Å². The van der Waals surface area contributed by atoms with Gasteiger partial charge in [0.25, 0.3) is 15.9 Å². The van der Waals surface area contributed by atoms with Gasteiger partial charge in [0.05, 0.1) is 36.7 Å². The van der Waals surface area contributed by atoms with Crippen molar-refractivity contribution in [3.8, 4) is 5.75 Å². The molecule has 1 aromatic carbocycles. The van der Waals surface area contributed by atoms with Crippen LogP contribution in [0.4, 0.5) is 5.69 Å². The van der Waals surface area contributed by atoms with Crippen LogP contribution in [0, 0.1) is 5.92 Å². The maximum Gasteiger partial charge on any atom is 0.280 e. The molecule has 0 bridgehead atoms. The molecule has 1 amide bonds. The van der Waals surface area contributed by atoms with E-state index in [2.05, 4.69) is 26.5 Å². The third kappa shape index (κ3) is 9.49. The molecular weight excluding hydrogens is 596 g/mol. The number of likely N-dealkylation sites (N-methyl/N-ethyl adjacent to an activating group) is 1. The summed E-state index contributed by atoms with van der Waals surface area (Å²) in [5.41, 5.74) is 1.56. The quantitative estimate of drug-likeness (QED) is 0.359. The van der Waals surface area contributed by atoms with Crippen molar-refractivity contribution in [2.24, 2.45) is 13.0 Å². The summed E-state index contributed by atoms with van der Waals surface area (Å²) in [5, 5.41) is 10.1. The molecule has 1 aliphatic heterocycles. The van der Waals surface area contributed by atoms with Gasteiger partial charge in [-0.2, -0.15) is 8.42 Å². The Kier molecular flexibility index (Phi) is 12.0. The van der Waals surface area contributed by atoms with Gasteiger partial charge in [0.2, 0.25) is 0 Å². The maximum atomic E-state index is 14.3. The second-order valence-corrected chi connectivity index (χ2v) is 13.7. The molecule has 4 atom stereocenters. The number of aryl methyl sites for hydroxylation is 1. The molecule has 0 saturated heterocycles. The Labute approximate surface area is 266 Å². The van der Waals surface area contributed by atoms with Crippen LogP contribution in [0.2, 0.25) is 0 Å². The van der Waals surface area contributed by atoms with Gasteiger partial charge in [-0.25, -0.2) is 4.98 Å². The molecule has 2 aromatic heterocycles. The minimum Gasteiger partial charge on any atom is -0.490 e. The standard InChI is InChI=1S/C32H46N6O6S/c1-23-17-38(24(2)21-39)32(40)28-16-27(35-45(41,42)31-20-37(5)22-34-31)9-10-29(28)44-25(3)8-6-7-15-43-30(23)19-36(4)18-26-11-13-33-14-12-26/h9-14,16,20,22-25,30,35,39H,6-8,15,17-19,21H2,1-5H3/t23-,24+,25+,30-/m0/s1. The fourth-order valence-corrected chi connectivity index (χ4v) is 6.39. The molecule has 246 valence electrons. The summed E-state index contributed by atoms with van der Waals surface area (Å²) >= 11 is 0. The number of nitrogens with zero attached hydrogens (tertiary/aromatic N) is 5. The first-order valence-electron chi connectivity index (χ1n) is 15.4. The Balaban J connectivity index is 1.64. The van der Waals surface area contributed by atoms with Gasteiger partial charge in [0.15, 0.2) is 5.03 Å². The zero-order chi connectivity index (χ0) is 32.6. The first-order chi connectivity index (χ1) is 21.5. The zero-order valence-electron chi connectivity index (χ0n) is 26.8. The predicted molar refractivity (Wildman–Crippen MR) is 171 cm³/mol. The van der Waals surface area contributed by atoms with E-state index in [0.29, 0.717) is 25.4 Å². The Bertz CT molecular complexity index is 1500. The van der Waals surface area contributed by atoms with Gasteiger partial charge in [-0.05, 0) is 76.1 Å². The first-order valence-corrected chi connectivity index (χ1v) is 16.9. The van der Waals surface area contributed by atoms with Crippen LogP contribution < -0.4 is 9.46 Å². The third-order valence-corrected chi connectivity index (χ3v) is 9.22. The molecule has 12 nitrogen and oxygen atoms in total. The number of aliphatic hydroxyl groups is 1. The number of aromatic nitrogens is 3. The molecule has 3 aromatic rings. The molecule has 4 rings (SSSR count). The minimum absolute atomic E-state index is 0.0834. The maximum absolute atomic E-state index is 14.3. The summed E-state index contributed by atoms with van der Waals surface area (Å²) in [5.74, 6) is -0.0941. The summed E-state index contributed by atoms with van der Waals surface area (Å²) in [6.45, 7) is 7.82. The number of carbonyl (C=O) groups excluding carboxylic acids is 1. The average Bonchev–Trinajstić information content (AvgIpc) is 3.46. The molecule has 0 fully saturated rings. The molecule has 0 saturated carbocycles. The largest absolute Gasteiger partial charge is 0.490 e. The first kappa shape index (κ1) is 34.4. The Morgan fingerprint density at radius 2 is 1.93 bits per heavy atom. The summed E-state index contributed by atoms with van der Waals surface area (Å²) in [7, 11) is -0.266.